The van der Waals surface area contributed by atoms with Crippen molar-refractivity contribution in [2.24, 2.45) is 0 Å². The zero-order valence-corrected chi connectivity index (χ0v) is 9.42. The number of nitrogens with zero attached hydrogens (tertiary/aromatic N) is 1. The molecule has 0 unspecified atom stereocenters. The van der Waals surface area contributed by atoms with Crippen LogP contribution in [0.2, 0.25) is 0 Å². The van der Waals surface area contributed by atoms with Gasteiger partial charge in [-0.3, -0.25) is 0 Å². The lowest BCUT2D eigenvalue weighted by molar-refractivity contribution is -0.137. The second kappa shape index (κ2) is 4.40. The molecule has 18 heavy (non-hydrogen) atoms. The molecule has 0 radical (unpaired) electrons. The average molecular weight is 255 g/mol. The van der Waals surface area contributed by atoms with Gasteiger partial charge in [0, 0.05) is 17.3 Å². The van der Waals surface area contributed by atoms with E-state index in [-0.39, 0.29) is 0 Å². The van der Waals surface area contributed by atoms with Crippen LogP contribution in [0.25, 0.3) is 11.1 Å². The number of alkyl halides is 3. The molecule has 0 aliphatic carbocycles. The minimum absolute atomic E-state index is 0.296. The third-order valence-electron chi connectivity index (χ3n) is 2.54. The van der Waals surface area contributed by atoms with Crippen LogP contribution in [0.1, 0.15) is 11.1 Å². The topological polar surface area (TPSA) is 12.9 Å². The van der Waals surface area contributed by atoms with Crippen LogP contribution in [0.4, 0.5) is 17.6 Å². The van der Waals surface area contributed by atoms with Crippen molar-refractivity contribution in [3.63, 3.8) is 0 Å². The third kappa shape index (κ3) is 2.50. The zero-order valence-electron chi connectivity index (χ0n) is 9.42. The Morgan fingerprint density at radius 1 is 1.06 bits per heavy atom. The lowest BCUT2D eigenvalue weighted by Gasteiger charge is -2.09. The first-order chi connectivity index (χ1) is 8.38. The maximum atomic E-state index is 13.0. The van der Waals surface area contributed by atoms with E-state index in [0.29, 0.717) is 16.7 Å². The minimum atomic E-state index is -4.39. The first-order valence-electron chi connectivity index (χ1n) is 5.18. The van der Waals surface area contributed by atoms with Crippen molar-refractivity contribution in [2.75, 3.05) is 0 Å². The molecule has 0 spiro atoms. The fourth-order valence-electron chi connectivity index (χ4n) is 1.59. The molecular weight excluding hydrogens is 246 g/mol. The summed E-state index contributed by atoms with van der Waals surface area (Å²) in [6.45, 7) is 1.51. The summed E-state index contributed by atoms with van der Waals surface area (Å²) in [5.74, 6) is -0.620. The summed E-state index contributed by atoms with van der Waals surface area (Å²) in [6, 6.07) is 6.33. The van der Waals surface area contributed by atoms with Crippen LogP contribution in [-0.2, 0) is 6.18 Å². The fourth-order valence-corrected chi connectivity index (χ4v) is 1.59. The highest BCUT2D eigenvalue weighted by Gasteiger charge is 2.30. The highest BCUT2D eigenvalue weighted by molar-refractivity contribution is 5.64. The molecule has 0 fully saturated rings. The average Bonchev–Trinajstić information content (AvgIpc) is 2.32. The lowest BCUT2D eigenvalue weighted by Crippen LogP contribution is -2.04. The van der Waals surface area contributed by atoms with Gasteiger partial charge in [-0.25, -0.2) is 4.98 Å². The fraction of sp³-hybridized carbons (Fsp3) is 0.154. The molecular formula is C13H9F4N. The third-order valence-corrected chi connectivity index (χ3v) is 2.54. The van der Waals surface area contributed by atoms with Gasteiger partial charge in [0.05, 0.1) is 5.56 Å². The van der Waals surface area contributed by atoms with Gasteiger partial charge in [-0.05, 0) is 30.7 Å². The summed E-state index contributed by atoms with van der Waals surface area (Å²) >= 11 is 0. The number of halogens is 4. The molecule has 94 valence electrons. The SMILES string of the molecule is Cc1cc(-c2cccc(C(F)(F)F)c2)cnc1F. The molecule has 2 aromatic rings. The molecule has 1 aromatic heterocycles. The number of aromatic nitrogens is 1. The van der Waals surface area contributed by atoms with Crippen molar-refractivity contribution < 1.29 is 17.6 Å². The van der Waals surface area contributed by atoms with Gasteiger partial charge in [0.2, 0.25) is 5.95 Å². The summed E-state index contributed by atoms with van der Waals surface area (Å²) in [4.78, 5) is 3.50. The quantitative estimate of drug-likeness (QED) is 0.549. The Bertz CT molecular complexity index is 575. The van der Waals surface area contributed by atoms with Crippen LogP contribution in [0.3, 0.4) is 0 Å². The van der Waals surface area contributed by atoms with E-state index in [0.717, 1.165) is 12.1 Å². The molecule has 0 aliphatic heterocycles. The van der Waals surface area contributed by atoms with Crippen molar-refractivity contribution in [3.8, 4) is 11.1 Å². The molecule has 1 heterocycles. The van der Waals surface area contributed by atoms with Crippen LogP contribution in [-0.4, -0.2) is 4.98 Å². The van der Waals surface area contributed by atoms with E-state index in [1.165, 1.54) is 31.3 Å². The Kier molecular flexibility index (Phi) is 3.07. The van der Waals surface area contributed by atoms with Crippen molar-refractivity contribution in [3.05, 3.63) is 53.6 Å². The van der Waals surface area contributed by atoms with Crippen molar-refractivity contribution in [2.45, 2.75) is 13.1 Å². The van der Waals surface area contributed by atoms with Crippen LogP contribution in [0, 0.1) is 12.9 Å². The molecule has 1 aromatic carbocycles. The van der Waals surface area contributed by atoms with Gasteiger partial charge in [-0.2, -0.15) is 17.6 Å². The van der Waals surface area contributed by atoms with Gasteiger partial charge >= 0.3 is 6.18 Å². The van der Waals surface area contributed by atoms with Crippen LogP contribution < -0.4 is 0 Å². The second-order valence-electron chi connectivity index (χ2n) is 3.91. The van der Waals surface area contributed by atoms with E-state index >= 15 is 0 Å². The Morgan fingerprint density at radius 3 is 2.39 bits per heavy atom. The summed E-state index contributed by atoms with van der Waals surface area (Å²) < 4.78 is 50.6. The second-order valence-corrected chi connectivity index (χ2v) is 3.91. The highest BCUT2D eigenvalue weighted by atomic mass is 19.4. The van der Waals surface area contributed by atoms with E-state index in [9.17, 15) is 17.6 Å². The standard InChI is InChI=1S/C13H9F4N/c1-8-5-10(7-18-12(8)14)9-3-2-4-11(6-9)13(15,16)17/h2-7H,1H3. The largest absolute Gasteiger partial charge is 0.416 e. The maximum Gasteiger partial charge on any atom is 0.416 e. The predicted molar refractivity (Wildman–Crippen MR) is 59.4 cm³/mol. The van der Waals surface area contributed by atoms with E-state index in [2.05, 4.69) is 4.98 Å². The predicted octanol–water partition coefficient (Wildman–Crippen LogP) is 4.21. The monoisotopic (exact) mass is 255 g/mol. The molecule has 0 atom stereocenters. The number of hydrogen-bond acceptors (Lipinski definition) is 1. The van der Waals surface area contributed by atoms with Crippen LogP contribution >= 0.6 is 0 Å². The summed E-state index contributed by atoms with van der Waals surface area (Å²) in [5, 5.41) is 0. The minimum Gasteiger partial charge on any atom is -0.227 e. The lowest BCUT2D eigenvalue weighted by atomic mass is 10.0. The maximum absolute atomic E-state index is 13.0. The Labute approximate surface area is 101 Å². The smallest absolute Gasteiger partial charge is 0.227 e. The Balaban J connectivity index is 2.48. The molecule has 5 heteroatoms. The van der Waals surface area contributed by atoms with Crippen molar-refractivity contribution in [1.82, 2.24) is 4.98 Å². The van der Waals surface area contributed by atoms with Gasteiger partial charge in [-0.1, -0.05) is 12.1 Å². The summed E-state index contributed by atoms with van der Waals surface area (Å²) in [6.07, 6.45) is -3.17. The number of rotatable bonds is 1. The first-order valence-corrected chi connectivity index (χ1v) is 5.18. The molecule has 0 aliphatic rings. The van der Waals surface area contributed by atoms with E-state index in [4.69, 9.17) is 0 Å². The van der Waals surface area contributed by atoms with E-state index in [1.807, 2.05) is 0 Å². The summed E-state index contributed by atoms with van der Waals surface area (Å²) in [7, 11) is 0. The molecule has 0 bridgehead atoms. The normalized spacial score (nSPS) is 11.6. The van der Waals surface area contributed by atoms with Gasteiger partial charge in [0.1, 0.15) is 0 Å². The van der Waals surface area contributed by atoms with Crippen molar-refractivity contribution in [1.29, 1.82) is 0 Å². The van der Waals surface area contributed by atoms with E-state index in [1.54, 1.807) is 0 Å². The molecule has 1 nitrogen and oxygen atoms in total. The number of aryl methyl sites for hydroxylation is 1. The van der Waals surface area contributed by atoms with Gasteiger partial charge in [0.25, 0.3) is 0 Å². The molecule has 0 saturated carbocycles. The van der Waals surface area contributed by atoms with Gasteiger partial charge in [-0.15, -0.1) is 0 Å². The molecule has 0 saturated heterocycles. The number of hydrogen-bond donors (Lipinski definition) is 0. The Morgan fingerprint density at radius 2 is 1.78 bits per heavy atom. The Hall–Kier alpha value is -1.91. The highest BCUT2D eigenvalue weighted by Crippen LogP contribution is 2.32. The van der Waals surface area contributed by atoms with Crippen molar-refractivity contribution >= 4 is 0 Å². The van der Waals surface area contributed by atoms with Gasteiger partial charge < -0.3 is 0 Å². The summed E-state index contributed by atoms with van der Waals surface area (Å²) in [5.41, 5.74) is 0.382. The van der Waals surface area contributed by atoms with Crippen LogP contribution in [0.15, 0.2) is 36.5 Å². The molecule has 0 N–H and O–H groups in total. The first kappa shape index (κ1) is 12.5. The number of benzene rings is 1. The molecule has 0 amide bonds. The van der Waals surface area contributed by atoms with Crippen LogP contribution in [0.5, 0.6) is 0 Å². The zero-order chi connectivity index (χ0) is 13.3. The van der Waals surface area contributed by atoms with E-state index < -0.39 is 17.7 Å². The van der Waals surface area contributed by atoms with Gasteiger partial charge in [0.15, 0.2) is 0 Å². The molecule has 2 rings (SSSR count). The number of pyridine rings is 1.